The highest BCUT2D eigenvalue weighted by Gasteiger charge is 2.19. The van der Waals surface area contributed by atoms with Crippen LogP contribution in [0.15, 0.2) is 85.3 Å². The third kappa shape index (κ3) is 3.90. The lowest BCUT2D eigenvalue weighted by Crippen LogP contribution is -2.12. The van der Waals surface area contributed by atoms with Crippen LogP contribution in [0.3, 0.4) is 0 Å². The number of hydrogen-bond donors (Lipinski definition) is 1. The summed E-state index contributed by atoms with van der Waals surface area (Å²) in [5.74, 6) is -0.211. The molecular formula is C21H15IN4O. The molecule has 0 radical (unpaired) electrons. The van der Waals surface area contributed by atoms with E-state index in [1.807, 2.05) is 66.7 Å². The van der Waals surface area contributed by atoms with Gasteiger partial charge in [-0.15, -0.1) is 0 Å². The molecule has 0 saturated heterocycles. The average molecular weight is 466 g/mol. The van der Waals surface area contributed by atoms with E-state index in [0.717, 1.165) is 20.5 Å². The molecule has 0 aliphatic carbocycles. The number of pyridine rings is 1. The first kappa shape index (κ1) is 17.4. The molecule has 27 heavy (non-hydrogen) atoms. The summed E-state index contributed by atoms with van der Waals surface area (Å²) < 4.78 is 2.82. The number of carbonyl (C=O) groups is 1. The third-order valence-electron chi connectivity index (χ3n) is 4.02. The first-order valence-electron chi connectivity index (χ1n) is 8.33. The molecule has 0 unspecified atom stereocenters. The van der Waals surface area contributed by atoms with Crippen LogP contribution in [-0.2, 0) is 0 Å². The predicted molar refractivity (Wildman–Crippen MR) is 114 cm³/mol. The molecule has 0 fully saturated rings. The smallest absolute Gasteiger partial charge is 0.259 e. The van der Waals surface area contributed by atoms with E-state index < -0.39 is 0 Å². The monoisotopic (exact) mass is 466 g/mol. The van der Waals surface area contributed by atoms with Gasteiger partial charge in [-0.05, 0) is 71.1 Å². The highest BCUT2D eigenvalue weighted by molar-refractivity contribution is 14.1. The fourth-order valence-corrected chi connectivity index (χ4v) is 3.06. The molecule has 5 nitrogen and oxygen atoms in total. The second-order valence-corrected chi connectivity index (χ2v) is 7.12. The molecule has 2 aromatic carbocycles. The quantitative estimate of drug-likeness (QED) is 0.440. The van der Waals surface area contributed by atoms with Gasteiger partial charge in [-0.1, -0.05) is 18.2 Å². The topological polar surface area (TPSA) is 59.8 Å². The second-order valence-electron chi connectivity index (χ2n) is 5.87. The van der Waals surface area contributed by atoms with E-state index in [1.54, 1.807) is 23.3 Å². The number of anilines is 1. The molecule has 2 aromatic heterocycles. The highest BCUT2D eigenvalue weighted by atomic mass is 127. The molecule has 2 heterocycles. The van der Waals surface area contributed by atoms with E-state index in [-0.39, 0.29) is 5.91 Å². The van der Waals surface area contributed by atoms with Crippen LogP contribution in [0, 0.1) is 3.57 Å². The summed E-state index contributed by atoms with van der Waals surface area (Å²) in [4.78, 5) is 17.1. The Morgan fingerprint density at radius 3 is 2.44 bits per heavy atom. The van der Waals surface area contributed by atoms with Gasteiger partial charge in [-0.3, -0.25) is 9.78 Å². The van der Waals surface area contributed by atoms with Crippen molar-refractivity contribution in [3.05, 3.63) is 94.5 Å². The summed E-state index contributed by atoms with van der Waals surface area (Å²) in [6.07, 6.45) is 5.15. The highest BCUT2D eigenvalue weighted by Crippen LogP contribution is 2.24. The van der Waals surface area contributed by atoms with Crippen molar-refractivity contribution in [1.82, 2.24) is 14.8 Å². The van der Waals surface area contributed by atoms with Crippen molar-refractivity contribution in [2.45, 2.75) is 0 Å². The summed E-state index contributed by atoms with van der Waals surface area (Å²) in [7, 11) is 0. The molecule has 4 aromatic rings. The van der Waals surface area contributed by atoms with Gasteiger partial charge in [0.15, 0.2) is 0 Å². The minimum absolute atomic E-state index is 0.211. The SMILES string of the molecule is O=C(Nc1ccc(I)cc1)c1cn(-c2ccccc2)nc1-c1cccnc1. The minimum atomic E-state index is -0.211. The van der Waals surface area contributed by atoms with Crippen LogP contribution in [0.5, 0.6) is 0 Å². The molecule has 4 rings (SSSR count). The molecule has 0 bridgehead atoms. The van der Waals surface area contributed by atoms with Crippen molar-refractivity contribution in [2.75, 3.05) is 5.32 Å². The first-order chi connectivity index (χ1) is 13.2. The van der Waals surface area contributed by atoms with Gasteiger partial charge in [0.2, 0.25) is 0 Å². The molecule has 6 heteroatoms. The molecule has 132 valence electrons. The fourth-order valence-electron chi connectivity index (χ4n) is 2.70. The average Bonchev–Trinajstić information content (AvgIpc) is 3.17. The number of nitrogens with zero attached hydrogens (tertiary/aromatic N) is 3. The van der Waals surface area contributed by atoms with Crippen molar-refractivity contribution < 1.29 is 4.79 Å². The van der Waals surface area contributed by atoms with E-state index in [0.29, 0.717) is 11.3 Å². The molecular weight excluding hydrogens is 451 g/mol. The minimum Gasteiger partial charge on any atom is -0.322 e. The van der Waals surface area contributed by atoms with Crippen molar-refractivity contribution in [1.29, 1.82) is 0 Å². The fraction of sp³-hybridized carbons (Fsp3) is 0. The van der Waals surface area contributed by atoms with E-state index in [4.69, 9.17) is 0 Å². The zero-order chi connectivity index (χ0) is 18.6. The summed E-state index contributed by atoms with van der Waals surface area (Å²) >= 11 is 2.23. The van der Waals surface area contributed by atoms with Gasteiger partial charge in [0.05, 0.1) is 11.3 Å². The number of benzene rings is 2. The zero-order valence-corrected chi connectivity index (χ0v) is 16.4. The largest absolute Gasteiger partial charge is 0.322 e. The van der Waals surface area contributed by atoms with Gasteiger partial charge in [0.1, 0.15) is 5.69 Å². The van der Waals surface area contributed by atoms with E-state index in [1.165, 1.54) is 0 Å². The van der Waals surface area contributed by atoms with Gasteiger partial charge < -0.3 is 5.32 Å². The number of carbonyl (C=O) groups excluding carboxylic acids is 1. The molecule has 0 aliphatic rings. The van der Waals surface area contributed by atoms with Crippen molar-refractivity contribution in [3.8, 4) is 16.9 Å². The zero-order valence-electron chi connectivity index (χ0n) is 14.2. The van der Waals surface area contributed by atoms with Gasteiger partial charge in [0.25, 0.3) is 5.91 Å². The Labute approximate surface area is 170 Å². The van der Waals surface area contributed by atoms with E-state index in [2.05, 4.69) is 38.0 Å². The lowest BCUT2D eigenvalue weighted by atomic mass is 10.1. The van der Waals surface area contributed by atoms with Gasteiger partial charge in [0, 0.05) is 33.4 Å². The summed E-state index contributed by atoms with van der Waals surface area (Å²) in [5, 5.41) is 7.59. The number of rotatable bonds is 4. The number of aromatic nitrogens is 3. The molecule has 0 aliphatic heterocycles. The number of halogens is 1. The predicted octanol–water partition coefficient (Wildman–Crippen LogP) is 4.79. The molecule has 0 saturated carbocycles. The maximum atomic E-state index is 13.0. The lowest BCUT2D eigenvalue weighted by Gasteiger charge is -2.05. The Morgan fingerprint density at radius 2 is 1.74 bits per heavy atom. The Morgan fingerprint density at radius 1 is 0.963 bits per heavy atom. The Hall–Kier alpha value is -3.00. The van der Waals surface area contributed by atoms with Crippen LogP contribution in [0.4, 0.5) is 5.69 Å². The van der Waals surface area contributed by atoms with E-state index in [9.17, 15) is 4.79 Å². The molecule has 1 N–H and O–H groups in total. The van der Waals surface area contributed by atoms with Gasteiger partial charge in [-0.25, -0.2) is 4.68 Å². The van der Waals surface area contributed by atoms with Crippen LogP contribution in [0.2, 0.25) is 0 Å². The summed E-state index contributed by atoms with van der Waals surface area (Å²) in [5.41, 5.74) is 3.50. The van der Waals surface area contributed by atoms with Gasteiger partial charge >= 0.3 is 0 Å². The van der Waals surface area contributed by atoms with Crippen LogP contribution < -0.4 is 5.32 Å². The number of amides is 1. The second kappa shape index (κ2) is 7.71. The van der Waals surface area contributed by atoms with Gasteiger partial charge in [-0.2, -0.15) is 5.10 Å². The Kier molecular flexibility index (Phi) is 4.97. The van der Waals surface area contributed by atoms with E-state index >= 15 is 0 Å². The van der Waals surface area contributed by atoms with Crippen LogP contribution in [-0.4, -0.2) is 20.7 Å². The van der Waals surface area contributed by atoms with Crippen molar-refractivity contribution in [3.63, 3.8) is 0 Å². The van der Waals surface area contributed by atoms with Crippen LogP contribution in [0.25, 0.3) is 16.9 Å². The lowest BCUT2D eigenvalue weighted by molar-refractivity contribution is 0.102. The molecule has 0 spiro atoms. The molecule has 0 atom stereocenters. The normalized spacial score (nSPS) is 10.6. The Bertz CT molecular complexity index is 1060. The Balaban J connectivity index is 1.74. The number of nitrogens with one attached hydrogen (secondary N) is 1. The van der Waals surface area contributed by atoms with Crippen molar-refractivity contribution in [2.24, 2.45) is 0 Å². The summed E-state index contributed by atoms with van der Waals surface area (Å²) in [6, 6.07) is 21.1. The number of hydrogen-bond acceptors (Lipinski definition) is 3. The number of para-hydroxylation sites is 1. The standard InChI is InChI=1S/C21H15IN4O/c22-16-8-10-17(11-9-16)24-21(27)19-14-26(18-6-2-1-3-7-18)25-20(19)15-5-4-12-23-13-15/h1-14H,(H,24,27). The maximum absolute atomic E-state index is 13.0. The van der Waals surface area contributed by atoms with Crippen molar-refractivity contribution >= 4 is 34.2 Å². The first-order valence-corrected chi connectivity index (χ1v) is 9.41. The maximum Gasteiger partial charge on any atom is 0.259 e. The molecule has 1 amide bonds. The van der Waals surface area contributed by atoms with Crippen LogP contribution in [0.1, 0.15) is 10.4 Å². The summed E-state index contributed by atoms with van der Waals surface area (Å²) in [6.45, 7) is 0. The van der Waals surface area contributed by atoms with Crippen LogP contribution >= 0.6 is 22.6 Å². The third-order valence-corrected chi connectivity index (χ3v) is 4.74.